The molecule has 0 fully saturated rings. The Bertz CT molecular complexity index is 302. The van der Waals surface area contributed by atoms with Crippen LogP contribution in [0.15, 0.2) is 18.2 Å². The van der Waals surface area contributed by atoms with E-state index in [0.717, 1.165) is 6.07 Å². The summed E-state index contributed by atoms with van der Waals surface area (Å²) in [5.74, 6) is 0. The van der Waals surface area contributed by atoms with Crippen molar-refractivity contribution in [1.82, 2.24) is 0 Å². The van der Waals surface area contributed by atoms with Gasteiger partial charge in [0, 0.05) is 0 Å². The Hall–Kier alpha value is 1.37. The van der Waals surface area contributed by atoms with E-state index >= 15 is 0 Å². The minimum Gasteiger partial charge on any atom is -0.683 e. The molecular weight excluding hydrogens is 262 g/mol. The molecule has 1 rings (SSSR count). The first-order valence-corrected chi connectivity index (χ1v) is 5.19. The van der Waals surface area contributed by atoms with Gasteiger partial charge in [-0.1, -0.05) is 29.3 Å². The molecule has 0 amide bonds. The fourth-order valence-electron chi connectivity index (χ4n) is 0.704. The van der Waals surface area contributed by atoms with Gasteiger partial charge in [0.05, 0.1) is 10.3 Å². The van der Waals surface area contributed by atoms with Crippen LogP contribution >= 0.6 is 31.1 Å². The molecule has 0 aliphatic carbocycles. The van der Waals surface area contributed by atoms with Crippen molar-refractivity contribution in [3.63, 3.8) is 0 Å². The summed E-state index contributed by atoms with van der Waals surface area (Å²) in [7, 11) is -4.80. The molecule has 0 saturated heterocycles. The Morgan fingerprint density at radius 1 is 1.08 bits per heavy atom. The van der Waals surface area contributed by atoms with Crippen molar-refractivity contribution in [3.05, 3.63) is 28.2 Å². The van der Waals surface area contributed by atoms with Crippen LogP contribution in [0.5, 0.6) is 0 Å². The maximum absolute atomic E-state index is 10.5. The van der Waals surface area contributed by atoms with Crippen molar-refractivity contribution in [2.24, 2.45) is 0 Å². The van der Waals surface area contributed by atoms with E-state index in [-0.39, 0.29) is 47.8 Å². The fraction of sp³-hybridized carbons (Fsp3) is 0. The smallest absolute Gasteiger partial charge is 0.683 e. The fourth-order valence-corrected chi connectivity index (χ4v) is 2.01. The first-order valence-electron chi connectivity index (χ1n) is 2.89. The van der Waals surface area contributed by atoms with Crippen molar-refractivity contribution < 1.29 is 14.7 Å². The van der Waals surface area contributed by atoms with Gasteiger partial charge < -0.3 is 14.7 Å². The van der Waals surface area contributed by atoms with Crippen LogP contribution in [0.25, 0.3) is 0 Å². The van der Waals surface area contributed by atoms with Gasteiger partial charge in [-0.05, 0) is 12.1 Å². The molecule has 7 heteroatoms. The summed E-state index contributed by atoms with van der Waals surface area (Å²) in [6.07, 6.45) is 0. The molecule has 0 bridgehead atoms. The molecule has 66 valence electrons. The zero-order valence-electron chi connectivity index (χ0n) is 6.37. The third-order valence-electron chi connectivity index (χ3n) is 1.23. The summed E-state index contributed by atoms with van der Waals surface area (Å²) in [5, 5.41) is -0.620. The van der Waals surface area contributed by atoms with Gasteiger partial charge in [-0.2, -0.15) is 0 Å². The van der Waals surface area contributed by atoms with Gasteiger partial charge in [-0.15, -0.1) is 7.94 Å². The molecule has 0 N–H and O–H groups in total. The van der Waals surface area contributed by atoms with Gasteiger partial charge in [-0.25, -0.2) is 0 Å². The summed E-state index contributed by atoms with van der Waals surface area (Å²) >= 11 is 11.0. The third kappa shape index (κ3) is 3.78. The molecule has 0 saturated carbocycles. The van der Waals surface area contributed by atoms with E-state index in [2.05, 4.69) is 0 Å². The largest absolute Gasteiger partial charge is 2.00 e. The summed E-state index contributed by atoms with van der Waals surface area (Å²) in [6, 6.07) is 3.88. The SMILES string of the molecule is [Ca+2].[O-][P+]([O-])([O-])c1cccc(Cl)c1Cl. The Labute approximate surface area is 116 Å². The van der Waals surface area contributed by atoms with Crippen molar-refractivity contribution >= 4 is 74.2 Å². The molecule has 0 heterocycles. The van der Waals surface area contributed by atoms with Crippen molar-refractivity contribution in [1.29, 1.82) is 0 Å². The predicted molar refractivity (Wildman–Crippen MR) is 48.8 cm³/mol. The molecule has 0 atom stereocenters. The minimum atomic E-state index is -4.80. The number of hydrogen-bond donors (Lipinski definition) is 0. The van der Waals surface area contributed by atoms with Crippen LogP contribution in [-0.2, 0) is 0 Å². The van der Waals surface area contributed by atoms with Crippen molar-refractivity contribution in [2.45, 2.75) is 0 Å². The summed E-state index contributed by atoms with van der Waals surface area (Å²) in [6.45, 7) is 0. The first kappa shape index (κ1) is 14.4. The maximum atomic E-state index is 10.5. The van der Waals surface area contributed by atoms with E-state index in [1.807, 2.05) is 0 Å². The second kappa shape index (κ2) is 5.45. The summed E-state index contributed by atoms with van der Waals surface area (Å²) in [5.41, 5.74) is 0. The zero-order chi connectivity index (χ0) is 9.35. The molecule has 13 heavy (non-hydrogen) atoms. The molecule has 3 nitrogen and oxygen atoms in total. The maximum Gasteiger partial charge on any atom is 2.00 e. The topological polar surface area (TPSA) is 69.2 Å². The molecular formula is C6H3CaCl2O3P. The molecule has 0 aliphatic heterocycles. The minimum absolute atomic E-state index is 0. The first-order chi connectivity index (χ1) is 5.43. The van der Waals surface area contributed by atoms with Crippen LogP contribution in [-0.4, -0.2) is 37.7 Å². The van der Waals surface area contributed by atoms with Crippen LogP contribution < -0.4 is 20.0 Å². The van der Waals surface area contributed by atoms with E-state index in [9.17, 15) is 14.7 Å². The average molecular weight is 265 g/mol. The van der Waals surface area contributed by atoms with E-state index in [0.29, 0.717) is 0 Å². The molecule has 0 spiro atoms. The van der Waals surface area contributed by atoms with E-state index in [4.69, 9.17) is 23.2 Å². The van der Waals surface area contributed by atoms with Crippen LogP contribution in [0.3, 0.4) is 0 Å². The summed E-state index contributed by atoms with van der Waals surface area (Å²) < 4.78 is 0. The number of halogens is 2. The normalized spacial score (nSPS) is 10.8. The molecule has 0 aromatic heterocycles. The van der Waals surface area contributed by atoms with Gasteiger partial charge in [0.2, 0.25) is 0 Å². The number of hydrogen-bond acceptors (Lipinski definition) is 3. The molecule has 0 radical (unpaired) electrons. The Morgan fingerprint density at radius 3 is 2.00 bits per heavy atom. The standard InChI is InChI=1S/C6H5Cl2O3P.Ca/c7-4-2-1-3-5(6(4)8)12(9,10)11;/h1-3H,(H2,9,10,11);/q;+2/p-2. The third-order valence-corrected chi connectivity index (χ3v) is 3.14. The van der Waals surface area contributed by atoms with Crippen LogP contribution in [0, 0.1) is 0 Å². The van der Waals surface area contributed by atoms with E-state index in [1.54, 1.807) is 0 Å². The monoisotopic (exact) mass is 264 g/mol. The second-order valence-corrected chi connectivity index (χ2v) is 4.33. The van der Waals surface area contributed by atoms with Crippen molar-refractivity contribution in [3.8, 4) is 0 Å². The van der Waals surface area contributed by atoms with Gasteiger partial charge >= 0.3 is 37.7 Å². The van der Waals surface area contributed by atoms with Gasteiger partial charge in [0.15, 0.2) is 0 Å². The van der Waals surface area contributed by atoms with Crippen LogP contribution in [0.2, 0.25) is 10.0 Å². The molecule has 1 aromatic carbocycles. The Morgan fingerprint density at radius 2 is 1.62 bits per heavy atom. The molecule has 1 aromatic rings. The van der Waals surface area contributed by atoms with Crippen LogP contribution in [0.1, 0.15) is 0 Å². The predicted octanol–water partition coefficient (Wildman–Crippen LogP) is -0.919. The van der Waals surface area contributed by atoms with Crippen LogP contribution in [0.4, 0.5) is 0 Å². The van der Waals surface area contributed by atoms with E-state index < -0.39 is 13.2 Å². The zero-order valence-corrected chi connectivity index (χ0v) is 11.0. The quantitative estimate of drug-likeness (QED) is 0.487. The second-order valence-electron chi connectivity index (χ2n) is 2.07. The summed E-state index contributed by atoms with van der Waals surface area (Å²) in [4.78, 5) is 31.6. The van der Waals surface area contributed by atoms with Gasteiger partial charge in [0.25, 0.3) is 0 Å². The van der Waals surface area contributed by atoms with Gasteiger partial charge in [0.1, 0.15) is 5.02 Å². The Kier molecular flexibility index (Phi) is 6.03. The van der Waals surface area contributed by atoms with Gasteiger partial charge in [-0.3, -0.25) is 0 Å². The number of benzene rings is 1. The van der Waals surface area contributed by atoms with Crippen molar-refractivity contribution in [2.75, 3.05) is 0 Å². The average Bonchev–Trinajstić information content (AvgIpc) is 1.92. The molecule has 0 aliphatic rings. The Balaban J connectivity index is 0.00000144. The number of rotatable bonds is 1. The molecule has 0 unspecified atom stereocenters. The van der Waals surface area contributed by atoms with E-state index in [1.165, 1.54) is 12.1 Å².